The van der Waals surface area contributed by atoms with Crippen LogP contribution in [0.2, 0.25) is 5.02 Å². The van der Waals surface area contributed by atoms with Crippen LogP contribution in [0.25, 0.3) is 0 Å². The molecule has 104 valence electrons. The van der Waals surface area contributed by atoms with Crippen molar-refractivity contribution in [2.24, 2.45) is 0 Å². The number of amides is 1. The summed E-state index contributed by atoms with van der Waals surface area (Å²) in [4.78, 5) is 17.8. The topological polar surface area (TPSA) is 46.3 Å². The van der Waals surface area contributed by atoms with E-state index in [9.17, 15) is 4.79 Å². The van der Waals surface area contributed by atoms with E-state index >= 15 is 0 Å². The molecule has 0 saturated carbocycles. The average Bonchev–Trinajstić information content (AvgIpc) is 2.85. The van der Waals surface area contributed by atoms with Gasteiger partial charge in [-0.15, -0.1) is 0 Å². The predicted molar refractivity (Wildman–Crippen MR) is 80.3 cm³/mol. The first-order valence-electron chi connectivity index (χ1n) is 6.77. The van der Waals surface area contributed by atoms with Crippen LogP contribution in [-0.4, -0.2) is 22.6 Å². The van der Waals surface area contributed by atoms with E-state index in [0.717, 1.165) is 17.1 Å². The van der Waals surface area contributed by atoms with Gasteiger partial charge in [0.2, 0.25) is 11.9 Å². The minimum absolute atomic E-state index is 0.0347. The summed E-state index contributed by atoms with van der Waals surface area (Å²) in [6, 6.07) is 6.94. The van der Waals surface area contributed by atoms with E-state index < -0.39 is 6.04 Å². The number of allylic oxidation sites excluding steroid dienone is 2. The third-order valence-corrected chi connectivity index (χ3v) is 4.11. The largest absolute Gasteiger partial charge is 0.351 e. The van der Waals surface area contributed by atoms with Crippen molar-refractivity contribution in [2.45, 2.75) is 12.1 Å². The molecular formula is C16H13ClN3O+. The molecule has 1 fully saturated rings. The zero-order chi connectivity index (χ0) is 14.4. The molecule has 1 amide bonds. The second-order valence-electron chi connectivity index (χ2n) is 5.16. The van der Waals surface area contributed by atoms with Crippen molar-refractivity contribution in [1.82, 2.24) is 10.2 Å². The molecule has 4 rings (SSSR count). The van der Waals surface area contributed by atoms with E-state index in [2.05, 4.69) is 10.3 Å². The van der Waals surface area contributed by atoms with E-state index in [0.29, 0.717) is 5.02 Å². The molecule has 2 atom stereocenters. The summed E-state index contributed by atoms with van der Waals surface area (Å²) in [5.41, 5.74) is 1.88. The van der Waals surface area contributed by atoms with E-state index in [1.165, 1.54) is 0 Å². The Morgan fingerprint density at radius 2 is 2.19 bits per heavy atom. The van der Waals surface area contributed by atoms with Crippen molar-refractivity contribution >= 4 is 23.2 Å². The lowest BCUT2D eigenvalue weighted by atomic mass is 10.0. The maximum atomic E-state index is 12.8. The molecule has 2 N–H and O–H groups in total. The van der Waals surface area contributed by atoms with Crippen LogP contribution in [0.4, 0.5) is 0 Å². The number of carbonyl (C=O) groups is 1. The number of benzene rings is 1. The molecule has 4 nitrogen and oxygen atoms in total. The van der Waals surface area contributed by atoms with Gasteiger partial charge in [-0.3, -0.25) is 9.69 Å². The molecular weight excluding hydrogens is 286 g/mol. The lowest BCUT2D eigenvalue weighted by molar-refractivity contribution is -0.380. The maximum Gasteiger partial charge on any atom is 0.256 e. The zero-order valence-corrected chi connectivity index (χ0v) is 11.8. The van der Waals surface area contributed by atoms with Gasteiger partial charge >= 0.3 is 0 Å². The summed E-state index contributed by atoms with van der Waals surface area (Å²) in [6.07, 6.45) is 9.74. The smallest absolute Gasteiger partial charge is 0.256 e. The standard InChI is InChI=1S/C16H12ClN3O/c17-11-5-3-4-10(8-11)15-16(21)20-13-7-2-1-6-12(13)18-9-14(20)19-15/h1-9,13,15,19H/p+1. The van der Waals surface area contributed by atoms with Gasteiger partial charge in [0.1, 0.15) is 12.1 Å². The summed E-state index contributed by atoms with van der Waals surface area (Å²) in [7, 11) is 0. The molecule has 1 aliphatic carbocycles. The van der Waals surface area contributed by atoms with Gasteiger partial charge in [0.15, 0.2) is 5.82 Å². The quantitative estimate of drug-likeness (QED) is 0.799. The van der Waals surface area contributed by atoms with Crippen molar-refractivity contribution in [3.63, 3.8) is 0 Å². The SMILES string of the molecule is O=C1C(c2cccc(Cl)c2)NC2=C[NH+]=C3C=CC=CC3N12. The van der Waals surface area contributed by atoms with Gasteiger partial charge in [-0.1, -0.05) is 42.0 Å². The van der Waals surface area contributed by atoms with Crippen molar-refractivity contribution in [3.05, 3.63) is 71.2 Å². The third kappa shape index (κ3) is 1.91. The van der Waals surface area contributed by atoms with Gasteiger partial charge in [-0.2, -0.15) is 0 Å². The number of hydrogen-bond acceptors (Lipinski definition) is 2. The van der Waals surface area contributed by atoms with Gasteiger partial charge in [-0.05, 0) is 17.7 Å². The number of fused-ring (bicyclic) bond motifs is 3. The number of nitrogens with zero attached hydrogens (tertiary/aromatic N) is 1. The van der Waals surface area contributed by atoms with E-state index in [-0.39, 0.29) is 11.9 Å². The van der Waals surface area contributed by atoms with Gasteiger partial charge in [0, 0.05) is 11.1 Å². The summed E-state index contributed by atoms with van der Waals surface area (Å²) >= 11 is 6.03. The Balaban J connectivity index is 1.71. The normalized spacial score (nSPS) is 26.0. The van der Waals surface area contributed by atoms with Gasteiger partial charge in [-0.25, -0.2) is 4.99 Å². The molecule has 2 unspecified atom stereocenters. The van der Waals surface area contributed by atoms with Gasteiger partial charge < -0.3 is 5.32 Å². The second kappa shape index (κ2) is 4.60. The molecule has 1 aromatic rings. The molecule has 21 heavy (non-hydrogen) atoms. The zero-order valence-electron chi connectivity index (χ0n) is 11.1. The summed E-state index contributed by atoms with van der Waals surface area (Å²) in [6.45, 7) is 0. The Labute approximate surface area is 127 Å². The maximum absolute atomic E-state index is 12.8. The lowest BCUT2D eigenvalue weighted by Crippen LogP contribution is -2.74. The number of carbonyl (C=O) groups excluding carboxylic acids is 1. The molecule has 3 aliphatic rings. The van der Waals surface area contributed by atoms with Crippen LogP contribution in [-0.2, 0) is 4.79 Å². The van der Waals surface area contributed by atoms with Crippen LogP contribution in [0, 0.1) is 0 Å². The molecule has 2 heterocycles. The molecule has 0 spiro atoms. The number of nitrogens with one attached hydrogen (secondary N) is 2. The van der Waals surface area contributed by atoms with Crippen LogP contribution < -0.4 is 10.3 Å². The fraction of sp³-hybridized carbons (Fsp3) is 0.125. The fourth-order valence-corrected chi connectivity index (χ4v) is 3.09. The number of rotatable bonds is 1. The monoisotopic (exact) mass is 298 g/mol. The molecule has 2 aliphatic heterocycles. The fourth-order valence-electron chi connectivity index (χ4n) is 2.89. The Hall–Kier alpha value is -2.33. The first-order valence-corrected chi connectivity index (χ1v) is 7.15. The van der Waals surface area contributed by atoms with Crippen molar-refractivity contribution in [1.29, 1.82) is 0 Å². The molecule has 1 saturated heterocycles. The molecule has 0 radical (unpaired) electrons. The number of hydrogen-bond donors (Lipinski definition) is 2. The van der Waals surface area contributed by atoms with Crippen molar-refractivity contribution in [3.8, 4) is 0 Å². The minimum Gasteiger partial charge on any atom is -0.351 e. The molecule has 0 aromatic heterocycles. The lowest BCUT2D eigenvalue weighted by Gasteiger charge is -2.25. The Morgan fingerprint density at radius 3 is 3.05 bits per heavy atom. The first kappa shape index (κ1) is 12.4. The highest BCUT2D eigenvalue weighted by Gasteiger charge is 2.45. The second-order valence-corrected chi connectivity index (χ2v) is 5.60. The van der Waals surface area contributed by atoms with Crippen molar-refractivity contribution < 1.29 is 9.79 Å². The summed E-state index contributed by atoms with van der Waals surface area (Å²) in [5, 5.41) is 3.90. The molecule has 5 heteroatoms. The summed E-state index contributed by atoms with van der Waals surface area (Å²) in [5.74, 6) is 0.825. The highest BCUT2D eigenvalue weighted by molar-refractivity contribution is 6.30. The average molecular weight is 299 g/mol. The van der Waals surface area contributed by atoms with Crippen LogP contribution in [0.15, 0.2) is 60.6 Å². The Kier molecular flexibility index (Phi) is 2.72. The molecule has 0 bridgehead atoms. The Morgan fingerprint density at radius 1 is 1.29 bits per heavy atom. The highest BCUT2D eigenvalue weighted by Crippen LogP contribution is 2.30. The third-order valence-electron chi connectivity index (χ3n) is 3.87. The van der Waals surface area contributed by atoms with E-state index in [1.54, 1.807) is 11.0 Å². The predicted octanol–water partition coefficient (Wildman–Crippen LogP) is 0.642. The molecule has 1 aromatic carbocycles. The van der Waals surface area contributed by atoms with E-state index in [1.807, 2.05) is 48.7 Å². The number of halogens is 1. The van der Waals surface area contributed by atoms with Gasteiger partial charge in [0.25, 0.3) is 5.91 Å². The van der Waals surface area contributed by atoms with Crippen LogP contribution >= 0.6 is 11.6 Å². The van der Waals surface area contributed by atoms with E-state index in [4.69, 9.17) is 11.6 Å². The van der Waals surface area contributed by atoms with Crippen LogP contribution in [0.5, 0.6) is 0 Å². The van der Waals surface area contributed by atoms with Crippen LogP contribution in [0.1, 0.15) is 11.6 Å². The van der Waals surface area contributed by atoms with Gasteiger partial charge in [0.05, 0.1) is 0 Å². The minimum atomic E-state index is -0.393. The highest BCUT2D eigenvalue weighted by atomic mass is 35.5. The van der Waals surface area contributed by atoms with Crippen molar-refractivity contribution in [2.75, 3.05) is 0 Å². The Bertz CT molecular complexity index is 748. The first-order chi connectivity index (χ1) is 10.2. The summed E-state index contributed by atoms with van der Waals surface area (Å²) < 4.78 is 0. The van der Waals surface area contributed by atoms with Crippen LogP contribution in [0.3, 0.4) is 0 Å².